The lowest BCUT2D eigenvalue weighted by molar-refractivity contribution is -0.143. The molecule has 1 amide bonds. The number of hydrogen-bond donors (Lipinski definition) is 1. The van der Waals surface area contributed by atoms with Gasteiger partial charge >= 0.3 is 12.4 Å². The van der Waals surface area contributed by atoms with E-state index < -0.39 is 46.8 Å². The van der Waals surface area contributed by atoms with Crippen LogP contribution in [0.25, 0.3) is 5.69 Å². The van der Waals surface area contributed by atoms with E-state index in [1.807, 2.05) is 0 Å². The van der Waals surface area contributed by atoms with Gasteiger partial charge in [-0.05, 0) is 43.7 Å². The summed E-state index contributed by atoms with van der Waals surface area (Å²) in [5.41, 5.74) is -3.84. The van der Waals surface area contributed by atoms with Crippen LogP contribution >= 0.6 is 0 Å². The lowest BCUT2D eigenvalue weighted by Gasteiger charge is -2.16. The molecule has 0 saturated heterocycles. The van der Waals surface area contributed by atoms with E-state index >= 15 is 0 Å². The average Bonchev–Trinajstić information content (AvgIpc) is 3.35. The molecule has 1 aromatic carbocycles. The molecule has 0 bridgehead atoms. The zero-order valence-electron chi connectivity index (χ0n) is 16.1. The highest BCUT2D eigenvalue weighted by Crippen LogP contribution is 2.35. The molecule has 5 nitrogen and oxygen atoms in total. The highest BCUT2D eigenvalue weighted by Gasteiger charge is 2.41. The second kappa shape index (κ2) is 8.48. The third-order valence-electron chi connectivity index (χ3n) is 4.48. The first kappa shape index (κ1) is 22.4. The Balaban J connectivity index is 1.87. The van der Waals surface area contributed by atoms with Gasteiger partial charge in [0.15, 0.2) is 5.69 Å². The van der Waals surface area contributed by atoms with Crippen LogP contribution in [0.4, 0.5) is 26.3 Å². The Bertz CT molecular complexity index is 1040. The Morgan fingerprint density at radius 1 is 1.13 bits per heavy atom. The number of halogens is 6. The van der Waals surface area contributed by atoms with Crippen molar-refractivity contribution in [2.75, 3.05) is 0 Å². The molecule has 1 N–H and O–H groups in total. The van der Waals surface area contributed by atoms with E-state index in [-0.39, 0.29) is 4.68 Å². The van der Waals surface area contributed by atoms with Gasteiger partial charge in [0.05, 0.1) is 29.3 Å². The molecule has 0 saturated carbocycles. The van der Waals surface area contributed by atoms with Crippen LogP contribution in [-0.2, 0) is 18.8 Å². The van der Waals surface area contributed by atoms with Crippen molar-refractivity contribution >= 4 is 5.91 Å². The molecule has 0 fully saturated rings. The maximum absolute atomic E-state index is 13.7. The number of aromatic nitrogens is 2. The number of rotatable bonds is 6. The number of carbonyl (C=O) groups is 1. The van der Waals surface area contributed by atoms with Crippen LogP contribution in [0, 0.1) is 0 Å². The van der Waals surface area contributed by atoms with Crippen molar-refractivity contribution in [3.8, 4) is 5.69 Å². The Morgan fingerprint density at radius 2 is 1.87 bits per heavy atom. The number of furan rings is 1. The summed E-state index contributed by atoms with van der Waals surface area (Å²) in [7, 11) is 0. The number of benzene rings is 1. The predicted molar refractivity (Wildman–Crippen MR) is 97.5 cm³/mol. The van der Waals surface area contributed by atoms with Crippen LogP contribution in [0.15, 0.2) is 53.3 Å². The van der Waals surface area contributed by atoms with Gasteiger partial charge in [0.1, 0.15) is 5.76 Å². The monoisotopic (exact) mass is 445 g/mol. The molecule has 0 radical (unpaired) electrons. The lowest BCUT2D eigenvalue weighted by Crippen LogP contribution is -2.34. The Kier molecular flexibility index (Phi) is 6.14. The second-order valence-electron chi connectivity index (χ2n) is 6.86. The van der Waals surface area contributed by atoms with Gasteiger partial charge in [-0.25, -0.2) is 4.68 Å². The molecule has 1 atom stereocenters. The normalized spacial score (nSPS) is 13.3. The molecular weight excluding hydrogens is 428 g/mol. The summed E-state index contributed by atoms with van der Waals surface area (Å²) in [6.07, 6.45) is -6.74. The zero-order valence-corrected chi connectivity index (χ0v) is 16.1. The van der Waals surface area contributed by atoms with E-state index in [0.29, 0.717) is 30.9 Å². The molecule has 1 unspecified atom stereocenters. The molecule has 3 aromatic rings. The van der Waals surface area contributed by atoms with Crippen LogP contribution in [0.3, 0.4) is 0 Å². The smallest absolute Gasteiger partial charge is 0.434 e. The van der Waals surface area contributed by atoms with Crippen molar-refractivity contribution in [2.24, 2.45) is 0 Å². The molecule has 0 spiro atoms. The van der Waals surface area contributed by atoms with Crippen molar-refractivity contribution < 1.29 is 35.6 Å². The largest absolute Gasteiger partial charge is 0.469 e. The molecule has 2 heterocycles. The number of nitrogens with one attached hydrogen (secondary N) is 1. The summed E-state index contributed by atoms with van der Waals surface area (Å²) in [5.74, 6) is -0.369. The SMILES string of the molecule is CC(CCc1ccco1)NC(=O)c1cnn(-c2cccc(C(F)(F)F)c2)c1C(F)(F)F. The quantitative estimate of drug-likeness (QED) is 0.527. The third-order valence-corrected chi connectivity index (χ3v) is 4.48. The van der Waals surface area contributed by atoms with Crippen molar-refractivity contribution in [2.45, 2.75) is 38.2 Å². The van der Waals surface area contributed by atoms with Gasteiger partial charge in [-0.15, -0.1) is 0 Å². The molecule has 11 heteroatoms. The van der Waals surface area contributed by atoms with E-state index in [0.717, 1.165) is 18.2 Å². The standard InChI is InChI=1S/C20H17F6N3O2/c1-12(7-8-15-6-3-9-31-15)28-18(30)16-11-27-29(17(16)20(24,25)26)14-5-2-4-13(10-14)19(21,22)23/h2-6,9-12H,7-8H2,1H3,(H,28,30). The van der Waals surface area contributed by atoms with Crippen molar-refractivity contribution in [3.63, 3.8) is 0 Å². The van der Waals surface area contributed by atoms with E-state index in [1.54, 1.807) is 19.1 Å². The van der Waals surface area contributed by atoms with Crippen LogP contribution in [0.2, 0.25) is 0 Å². The third kappa shape index (κ3) is 5.28. The molecule has 0 aliphatic heterocycles. The molecule has 31 heavy (non-hydrogen) atoms. The minimum atomic E-state index is -5.03. The van der Waals surface area contributed by atoms with Gasteiger partial charge in [0, 0.05) is 12.5 Å². The van der Waals surface area contributed by atoms with Gasteiger partial charge in [-0.2, -0.15) is 31.4 Å². The fourth-order valence-electron chi connectivity index (χ4n) is 2.98. The zero-order chi connectivity index (χ0) is 22.8. The first-order valence-corrected chi connectivity index (χ1v) is 9.13. The van der Waals surface area contributed by atoms with Gasteiger partial charge in [-0.3, -0.25) is 4.79 Å². The number of nitrogens with zero attached hydrogens (tertiary/aromatic N) is 2. The summed E-state index contributed by atoms with van der Waals surface area (Å²) in [4.78, 5) is 12.5. The van der Waals surface area contributed by atoms with E-state index in [1.165, 1.54) is 6.26 Å². The van der Waals surface area contributed by atoms with Crippen LogP contribution < -0.4 is 5.32 Å². The van der Waals surface area contributed by atoms with Crippen LogP contribution in [0.5, 0.6) is 0 Å². The minimum Gasteiger partial charge on any atom is -0.469 e. The minimum absolute atomic E-state index is 0.289. The summed E-state index contributed by atoms with van der Waals surface area (Å²) >= 11 is 0. The summed E-state index contributed by atoms with van der Waals surface area (Å²) in [6, 6.07) is 6.22. The van der Waals surface area contributed by atoms with E-state index in [9.17, 15) is 31.1 Å². The maximum Gasteiger partial charge on any atom is 0.434 e. The van der Waals surface area contributed by atoms with Crippen molar-refractivity contribution in [3.05, 3.63) is 71.4 Å². The maximum atomic E-state index is 13.7. The first-order valence-electron chi connectivity index (χ1n) is 9.13. The summed E-state index contributed by atoms with van der Waals surface area (Å²) < 4.78 is 85.5. The fraction of sp³-hybridized carbons (Fsp3) is 0.300. The second-order valence-corrected chi connectivity index (χ2v) is 6.86. The number of aryl methyl sites for hydroxylation is 1. The highest BCUT2D eigenvalue weighted by molar-refractivity contribution is 5.95. The van der Waals surface area contributed by atoms with Crippen LogP contribution in [-0.4, -0.2) is 21.7 Å². The predicted octanol–water partition coefficient (Wildman–Crippen LogP) is 5.25. The Morgan fingerprint density at radius 3 is 2.48 bits per heavy atom. The lowest BCUT2D eigenvalue weighted by atomic mass is 10.1. The molecule has 166 valence electrons. The fourth-order valence-corrected chi connectivity index (χ4v) is 2.98. The Labute approximate surface area is 172 Å². The van der Waals surface area contributed by atoms with Gasteiger partial charge in [0.2, 0.25) is 0 Å². The highest BCUT2D eigenvalue weighted by atomic mass is 19.4. The summed E-state index contributed by atoms with van der Waals surface area (Å²) in [5, 5.41) is 6.00. The van der Waals surface area contributed by atoms with Crippen molar-refractivity contribution in [1.82, 2.24) is 15.1 Å². The Hall–Kier alpha value is -3.24. The molecule has 3 rings (SSSR count). The molecule has 0 aliphatic carbocycles. The topological polar surface area (TPSA) is 60.1 Å². The molecule has 0 aliphatic rings. The van der Waals surface area contributed by atoms with Gasteiger partial charge in [0.25, 0.3) is 5.91 Å². The number of hydrogen-bond acceptors (Lipinski definition) is 3. The van der Waals surface area contributed by atoms with E-state index in [4.69, 9.17) is 4.42 Å². The van der Waals surface area contributed by atoms with Gasteiger partial charge < -0.3 is 9.73 Å². The van der Waals surface area contributed by atoms with Crippen molar-refractivity contribution in [1.29, 1.82) is 0 Å². The van der Waals surface area contributed by atoms with Crippen LogP contribution in [0.1, 0.15) is 40.7 Å². The number of carbonyl (C=O) groups excluding carboxylic acids is 1. The summed E-state index contributed by atoms with van der Waals surface area (Å²) in [6.45, 7) is 1.62. The number of alkyl halides is 6. The first-order chi connectivity index (χ1) is 14.5. The number of amides is 1. The molecule has 2 aromatic heterocycles. The van der Waals surface area contributed by atoms with Gasteiger partial charge in [-0.1, -0.05) is 6.07 Å². The molecular formula is C20H17F6N3O2. The van der Waals surface area contributed by atoms with E-state index in [2.05, 4.69) is 10.4 Å². The average molecular weight is 445 g/mol.